The summed E-state index contributed by atoms with van der Waals surface area (Å²) in [7, 11) is 0. The highest BCUT2D eigenvalue weighted by Crippen LogP contribution is 2.04. The van der Waals surface area contributed by atoms with Crippen molar-refractivity contribution in [3.05, 3.63) is 0 Å². The van der Waals surface area contributed by atoms with Gasteiger partial charge >= 0.3 is 5.97 Å². The van der Waals surface area contributed by atoms with Gasteiger partial charge in [-0.2, -0.15) is 0 Å². The molecule has 66 valence electrons. The van der Waals surface area contributed by atoms with E-state index < -0.39 is 6.04 Å². The highest BCUT2D eigenvalue weighted by Gasteiger charge is 2.15. The van der Waals surface area contributed by atoms with Crippen molar-refractivity contribution >= 4 is 28.6 Å². The minimum atomic E-state index is -0.454. The lowest BCUT2D eigenvalue weighted by Crippen LogP contribution is -2.33. The molecule has 0 fully saturated rings. The third-order valence-electron chi connectivity index (χ3n) is 1.22. The van der Waals surface area contributed by atoms with Crippen LogP contribution in [0.1, 0.15) is 20.3 Å². The second kappa shape index (κ2) is 5.77. The zero-order chi connectivity index (χ0) is 8.85. The average molecular weight is 271 g/mol. The molecule has 0 aliphatic carbocycles. The third-order valence-corrected chi connectivity index (χ3v) is 1.54. The number of alkyl halides is 1. The number of nitrogens with two attached hydrogens (primary N) is 1. The molecule has 0 radical (unpaired) electrons. The molecular weight excluding hydrogens is 257 g/mol. The Bertz CT molecular complexity index is 128. The number of hydrogen-bond donors (Lipinski definition) is 1. The van der Waals surface area contributed by atoms with Gasteiger partial charge in [0.05, 0.1) is 0 Å². The summed E-state index contributed by atoms with van der Waals surface area (Å²) >= 11 is 1.97. The van der Waals surface area contributed by atoms with Crippen LogP contribution in [0.25, 0.3) is 0 Å². The van der Waals surface area contributed by atoms with Gasteiger partial charge in [-0.3, -0.25) is 4.79 Å². The molecule has 0 heterocycles. The SMILES string of the molecule is CC(C)C[C@H](N)C(=O)OCI. The predicted octanol–water partition coefficient (Wildman–Crippen LogP) is 1.30. The first-order valence-corrected chi connectivity index (χ1v) is 5.08. The molecule has 2 N–H and O–H groups in total. The summed E-state index contributed by atoms with van der Waals surface area (Å²) in [6.07, 6.45) is 0.690. The van der Waals surface area contributed by atoms with Gasteiger partial charge in [-0.1, -0.05) is 13.8 Å². The number of ether oxygens (including phenoxy) is 1. The summed E-state index contributed by atoms with van der Waals surface area (Å²) in [6, 6.07) is -0.454. The zero-order valence-corrected chi connectivity index (χ0v) is 9.00. The zero-order valence-electron chi connectivity index (χ0n) is 6.84. The van der Waals surface area contributed by atoms with Gasteiger partial charge in [0.1, 0.15) is 10.7 Å². The van der Waals surface area contributed by atoms with Crippen LogP contribution in [-0.2, 0) is 9.53 Å². The van der Waals surface area contributed by atoms with Crippen molar-refractivity contribution in [2.45, 2.75) is 26.3 Å². The summed E-state index contributed by atoms with van der Waals surface area (Å²) in [5.41, 5.74) is 5.53. The molecule has 0 unspecified atom stereocenters. The molecule has 3 nitrogen and oxygen atoms in total. The Morgan fingerprint density at radius 2 is 2.18 bits per heavy atom. The Morgan fingerprint density at radius 1 is 1.64 bits per heavy atom. The molecule has 0 aromatic heterocycles. The van der Waals surface area contributed by atoms with Crippen LogP contribution in [-0.4, -0.2) is 16.6 Å². The third kappa shape index (κ3) is 5.43. The van der Waals surface area contributed by atoms with Gasteiger partial charge < -0.3 is 10.5 Å². The summed E-state index contributed by atoms with van der Waals surface area (Å²) < 4.78 is 5.10. The molecule has 0 aliphatic heterocycles. The highest BCUT2D eigenvalue weighted by atomic mass is 127. The second-order valence-corrected chi connectivity index (χ2v) is 3.43. The standard InChI is InChI=1S/C7H14INO2/c1-5(2)3-6(9)7(10)11-4-8/h5-6H,3-4,9H2,1-2H3/t6-/m0/s1. The Labute approximate surface area is 80.8 Å². The van der Waals surface area contributed by atoms with Gasteiger partial charge in [0, 0.05) is 0 Å². The van der Waals surface area contributed by atoms with Gasteiger partial charge in [0.15, 0.2) is 0 Å². The molecule has 4 heteroatoms. The maximum atomic E-state index is 10.9. The van der Waals surface area contributed by atoms with Gasteiger partial charge in [-0.05, 0) is 34.9 Å². The van der Waals surface area contributed by atoms with Crippen LogP contribution >= 0.6 is 22.6 Å². The molecule has 11 heavy (non-hydrogen) atoms. The number of rotatable bonds is 4. The van der Waals surface area contributed by atoms with Crippen LogP contribution < -0.4 is 5.73 Å². The van der Waals surface area contributed by atoms with Gasteiger partial charge in [0.2, 0.25) is 0 Å². The maximum Gasteiger partial charge on any atom is 0.323 e. The van der Waals surface area contributed by atoms with Crippen LogP contribution in [0.15, 0.2) is 0 Å². The maximum absolute atomic E-state index is 10.9. The second-order valence-electron chi connectivity index (χ2n) is 2.81. The predicted molar refractivity (Wildman–Crippen MR) is 52.4 cm³/mol. The first kappa shape index (κ1) is 11.2. The molecule has 0 rings (SSSR count). The van der Waals surface area contributed by atoms with Crippen molar-refractivity contribution in [2.24, 2.45) is 11.7 Å². The van der Waals surface area contributed by atoms with Crippen molar-refractivity contribution < 1.29 is 9.53 Å². The molecule has 0 bridgehead atoms. The molecule has 0 aliphatic rings. The monoisotopic (exact) mass is 271 g/mol. The minimum absolute atomic E-state index is 0.298. The van der Waals surface area contributed by atoms with E-state index in [0.29, 0.717) is 17.0 Å². The highest BCUT2D eigenvalue weighted by molar-refractivity contribution is 14.1. The average Bonchev–Trinajstić information content (AvgIpc) is 1.86. The van der Waals surface area contributed by atoms with E-state index in [4.69, 9.17) is 10.5 Å². The smallest absolute Gasteiger partial charge is 0.323 e. The van der Waals surface area contributed by atoms with Crippen LogP contribution in [0.4, 0.5) is 0 Å². The first-order valence-electron chi connectivity index (χ1n) is 3.56. The van der Waals surface area contributed by atoms with E-state index in [2.05, 4.69) is 0 Å². The molecule has 0 aromatic carbocycles. The van der Waals surface area contributed by atoms with E-state index in [0.717, 1.165) is 0 Å². The van der Waals surface area contributed by atoms with E-state index in [1.54, 1.807) is 0 Å². The summed E-state index contributed by atoms with van der Waals surface area (Å²) in [4.78, 5) is 10.9. The lowest BCUT2D eigenvalue weighted by Gasteiger charge is -2.11. The number of hydrogen-bond acceptors (Lipinski definition) is 3. The lowest BCUT2D eigenvalue weighted by molar-refractivity contribution is -0.142. The van der Waals surface area contributed by atoms with E-state index in [9.17, 15) is 4.79 Å². The minimum Gasteiger partial charge on any atom is -0.454 e. The Balaban J connectivity index is 3.64. The van der Waals surface area contributed by atoms with E-state index >= 15 is 0 Å². The van der Waals surface area contributed by atoms with Gasteiger partial charge in [0.25, 0.3) is 0 Å². The van der Waals surface area contributed by atoms with Crippen molar-refractivity contribution in [3.63, 3.8) is 0 Å². The normalized spacial score (nSPS) is 13.2. The molecule has 0 saturated carbocycles. The van der Waals surface area contributed by atoms with Crippen molar-refractivity contribution in [2.75, 3.05) is 4.61 Å². The summed E-state index contributed by atoms with van der Waals surface area (Å²) in [5.74, 6) is 0.139. The fourth-order valence-corrected chi connectivity index (χ4v) is 1.07. The van der Waals surface area contributed by atoms with Crippen molar-refractivity contribution in [1.82, 2.24) is 0 Å². The lowest BCUT2D eigenvalue weighted by atomic mass is 10.1. The van der Waals surface area contributed by atoms with Crippen LogP contribution in [0, 0.1) is 5.92 Å². The van der Waals surface area contributed by atoms with Crippen LogP contribution in [0.3, 0.4) is 0 Å². The molecule has 0 amide bonds. The number of halogens is 1. The number of carbonyl (C=O) groups excluding carboxylic acids is 1. The summed E-state index contributed by atoms with van der Waals surface area (Å²) in [6.45, 7) is 4.05. The molecule has 0 spiro atoms. The van der Waals surface area contributed by atoms with E-state index in [1.165, 1.54) is 0 Å². The van der Waals surface area contributed by atoms with Crippen LogP contribution in [0.5, 0.6) is 0 Å². The fourth-order valence-electron chi connectivity index (χ4n) is 0.765. The van der Waals surface area contributed by atoms with Crippen LogP contribution in [0.2, 0.25) is 0 Å². The Hall–Kier alpha value is 0.160. The number of carbonyl (C=O) groups is 1. The van der Waals surface area contributed by atoms with Gasteiger partial charge in [-0.25, -0.2) is 0 Å². The van der Waals surface area contributed by atoms with E-state index in [-0.39, 0.29) is 5.97 Å². The van der Waals surface area contributed by atoms with Gasteiger partial charge in [-0.15, -0.1) is 0 Å². The quantitative estimate of drug-likeness (QED) is 0.476. The van der Waals surface area contributed by atoms with Crippen molar-refractivity contribution in [1.29, 1.82) is 0 Å². The molecule has 1 atom stereocenters. The summed E-state index contributed by atoms with van der Waals surface area (Å²) in [5, 5.41) is 0. The molecular formula is C7H14INO2. The molecule has 0 aromatic rings. The van der Waals surface area contributed by atoms with Crippen molar-refractivity contribution in [3.8, 4) is 0 Å². The fraction of sp³-hybridized carbons (Fsp3) is 0.857. The first-order chi connectivity index (χ1) is 5.07. The number of esters is 1. The largest absolute Gasteiger partial charge is 0.454 e. The Morgan fingerprint density at radius 3 is 2.55 bits per heavy atom. The topological polar surface area (TPSA) is 52.3 Å². The Kier molecular flexibility index (Phi) is 5.85. The molecule has 0 saturated heterocycles. The van der Waals surface area contributed by atoms with E-state index in [1.807, 2.05) is 36.4 Å².